The zero-order chi connectivity index (χ0) is 29.8. The van der Waals surface area contributed by atoms with Crippen molar-refractivity contribution in [3.8, 4) is 11.5 Å². The second kappa shape index (κ2) is 15.4. The van der Waals surface area contributed by atoms with E-state index in [9.17, 15) is 19.8 Å². The van der Waals surface area contributed by atoms with Crippen molar-refractivity contribution in [2.24, 2.45) is 0 Å². The number of hydrogen-bond donors (Lipinski definition) is 2. The molecule has 0 saturated heterocycles. The molecular formula is C33H42O8. The molecule has 2 aromatic carbocycles. The summed E-state index contributed by atoms with van der Waals surface area (Å²) in [5, 5.41) is 20.2. The van der Waals surface area contributed by atoms with Crippen LogP contribution in [0.15, 0.2) is 72.8 Å². The van der Waals surface area contributed by atoms with E-state index in [0.29, 0.717) is 11.5 Å². The summed E-state index contributed by atoms with van der Waals surface area (Å²) in [6, 6.07) is 16.0. The van der Waals surface area contributed by atoms with Crippen LogP contribution in [0.25, 0.3) is 0 Å². The largest absolute Gasteiger partial charge is 0.491 e. The Morgan fingerprint density at radius 3 is 1.39 bits per heavy atom. The first-order valence-corrected chi connectivity index (χ1v) is 14.1. The summed E-state index contributed by atoms with van der Waals surface area (Å²) in [4.78, 5) is 23.0. The quantitative estimate of drug-likeness (QED) is 0.186. The molecule has 0 aromatic heterocycles. The summed E-state index contributed by atoms with van der Waals surface area (Å²) in [5.41, 5.74) is 2.80. The lowest BCUT2D eigenvalue weighted by molar-refractivity contribution is -0.143. The van der Waals surface area contributed by atoms with E-state index in [4.69, 9.17) is 18.9 Å². The highest BCUT2D eigenvalue weighted by Crippen LogP contribution is 2.44. The van der Waals surface area contributed by atoms with Crippen LogP contribution in [0.3, 0.4) is 0 Å². The topological polar surface area (TPSA) is 112 Å². The molecule has 222 valence electrons. The second-order valence-electron chi connectivity index (χ2n) is 10.7. The van der Waals surface area contributed by atoms with E-state index in [1.165, 1.54) is 24.0 Å². The molecule has 0 heterocycles. The fraction of sp³-hybridized carbons (Fsp3) is 0.455. The average molecular weight is 567 g/mol. The van der Waals surface area contributed by atoms with Crippen LogP contribution in [0.5, 0.6) is 11.5 Å². The van der Waals surface area contributed by atoms with Gasteiger partial charge < -0.3 is 29.2 Å². The Morgan fingerprint density at radius 1 is 0.683 bits per heavy atom. The molecule has 1 saturated carbocycles. The van der Waals surface area contributed by atoms with Crippen molar-refractivity contribution < 1.29 is 38.7 Å². The zero-order valence-electron chi connectivity index (χ0n) is 24.1. The Hall–Kier alpha value is -3.62. The third kappa shape index (κ3) is 9.47. The third-order valence-corrected chi connectivity index (χ3v) is 7.17. The molecule has 1 fully saturated rings. The maximum atomic E-state index is 11.5. The highest BCUT2D eigenvalue weighted by atomic mass is 16.6. The Balaban J connectivity index is 1.64. The van der Waals surface area contributed by atoms with Crippen LogP contribution in [0.2, 0.25) is 0 Å². The van der Waals surface area contributed by atoms with Gasteiger partial charge in [-0.1, -0.05) is 63.1 Å². The second-order valence-corrected chi connectivity index (χ2v) is 10.7. The highest BCUT2D eigenvalue weighted by Gasteiger charge is 2.34. The molecule has 0 spiro atoms. The summed E-state index contributed by atoms with van der Waals surface area (Å²) in [7, 11) is 0. The molecular weight excluding hydrogens is 524 g/mol. The van der Waals surface area contributed by atoms with Crippen LogP contribution in [0, 0.1) is 0 Å². The van der Waals surface area contributed by atoms with Gasteiger partial charge in [0.15, 0.2) is 0 Å². The number of carbonyl (C=O) groups is 2. The molecule has 0 bridgehead atoms. The Kier molecular flexibility index (Phi) is 12.0. The van der Waals surface area contributed by atoms with Crippen molar-refractivity contribution in [2.75, 3.05) is 26.4 Å². The number of carbonyl (C=O) groups excluding carboxylic acids is 2. The van der Waals surface area contributed by atoms with Gasteiger partial charge in [0.1, 0.15) is 50.1 Å². The number of ether oxygens (including phenoxy) is 4. The van der Waals surface area contributed by atoms with Crippen LogP contribution in [0.4, 0.5) is 0 Å². The van der Waals surface area contributed by atoms with Gasteiger partial charge in [0, 0.05) is 16.6 Å². The number of aliphatic hydroxyl groups is 2. The monoisotopic (exact) mass is 566 g/mol. The van der Waals surface area contributed by atoms with E-state index in [1.54, 1.807) is 13.8 Å². The van der Waals surface area contributed by atoms with Gasteiger partial charge in [-0.25, -0.2) is 9.59 Å². The predicted molar refractivity (Wildman–Crippen MR) is 156 cm³/mol. The standard InChI is InChI=1S/C33H42O8/c1-23(2)31(36)40-21-27(34)19-38-29-13-9-25(10-14-29)33(17-7-5-6-8-18-33)26-11-15-30(16-12-26)39-20-28(35)22-41-32(37)24(3)4/h9-16,27-28,34-35H,1,3,5-8,17-22H2,2,4H3. The first-order chi connectivity index (χ1) is 19.6. The average Bonchev–Trinajstić information content (AvgIpc) is 3.24. The molecule has 1 aliphatic rings. The molecule has 1 aliphatic carbocycles. The molecule has 2 unspecified atom stereocenters. The fourth-order valence-electron chi connectivity index (χ4n) is 4.89. The highest BCUT2D eigenvalue weighted by molar-refractivity contribution is 5.87. The van der Waals surface area contributed by atoms with E-state index in [-0.39, 0.29) is 43.0 Å². The molecule has 2 aromatic rings. The smallest absolute Gasteiger partial charge is 0.333 e. The minimum Gasteiger partial charge on any atom is -0.491 e. The lowest BCUT2D eigenvalue weighted by Crippen LogP contribution is -2.27. The van der Waals surface area contributed by atoms with Crippen molar-refractivity contribution in [2.45, 2.75) is 70.0 Å². The molecule has 0 aliphatic heterocycles. The van der Waals surface area contributed by atoms with Gasteiger partial charge in [-0.05, 0) is 62.1 Å². The normalized spacial score (nSPS) is 16.0. The Morgan fingerprint density at radius 2 is 1.05 bits per heavy atom. The van der Waals surface area contributed by atoms with Gasteiger partial charge in [-0.15, -0.1) is 0 Å². The predicted octanol–water partition coefficient (Wildman–Crippen LogP) is 5.04. The minimum absolute atomic E-state index is 0.000445. The maximum Gasteiger partial charge on any atom is 0.333 e. The summed E-state index contributed by atoms with van der Waals surface area (Å²) >= 11 is 0. The summed E-state index contributed by atoms with van der Waals surface area (Å²) < 4.78 is 21.4. The lowest BCUT2D eigenvalue weighted by Gasteiger charge is -2.34. The van der Waals surface area contributed by atoms with E-state index < -0.39 is 24.1 Å². The molecule has 8 heteroatoms. The summed E-state index contributed by atoms with van der Waals surface area (Å²) in [6.07, 6.45) is 4.80. The molecule has 41 heavy (non-hydrogen) atoms. The van der Waals surface area contributed by atoms with Crippen molar-refractivity contribution >= 4 is 11.9 Å². The van der Waals surface area contributed by atoms with E-state index in [2.05, 4.69) is 37.4 Å². The van der Waals surface area contributed by atoms with Crippen LogP contribution < -0.4 is 9.47 Å². The van der Waals surface area contributed by atoms with E-state index in [0.717, 1.165) is 25.7 Å². The van der Waals surface area contributed by atoms with E-state index in [1.807, 2.05) is 24.3 Å². The third-order valence-electron chi connectivity index (χ3n) is 7.17. The van der Waals surface area contributed by atoms with Crippen molar-refractivity contribution in [3.63, 3.8) is 0 Å². The number of esters is 2. The number of rotatable bonds is 14. The fourth-order valence-corrected chi connectivity index (χ4v) is 4.89. The first-order valence-electron chi connectivity index (χ1n) is 14.1. The Labute approximate surface area is 242 Å². The van der Waals surface area contributed by atoms with Gasteiger partial charge in [0.2, 0.25) is 0 Å². The summed E-state index contributed by atoms with van der Waals surface area (Å²) in [5.74, 6) is 0.167. The lowest BCUT2D eigenvalue weighted by atomic mass is 9.69. The summed E-state index contributed by atoms with van der Waals surface area (Å²) in [6.45, 7) is 9.83. The minimum atomic E-state index is -0.945. The van der Waals surface area contributed by atoms with Crippen LogP contribution in [-0.4, -0.2) is 60.8 Å². The number of benzene rings is 2. The molecule has 2 N–H and O–H groups in total. The van der Waals surface area contributed by atoms with Gasteiger partial charge in [-0.3, -0.25) is 0 Å². The SMILES string of the molecule is C=C(C)C(=O)OCC(O)COc1ccc(C2(c3ccc(OCC(O)COC(=O)C(=C)C)cc3)CCCCCC2)cc1. The van der Waals surface area contributed by atoms with Gasteiger partial charge in [-0.2, -0.15) is 0 Å². The van der Waals surface area contributed by atoms with Crippen molar-refractivity contribution in [1.29, 1.82) is 0 Å². The maximum absolute atomic E-state index is 11.5. The van der Waals surface area contributed by atoms with E-state index >= 15 is 0 Å². The van der Waals surface area contributed by atoms with Crippen LogP contribution in [-0.2, 0) is 24.5 Å². The van der Waals surface area contributed by atoms with Crippen LogP contribution >= 0.6 is 0 Å². The Bertz CT molecular complexity index is 1080. The number of hydrogen-bond acceptors (Lipinski definition) is 8. The molecule has 8 nitrogen and oxygen atoms in total. The first kappa shape index (κ1) is 31.9. The molecule has 3 rings (SSSR count). The van der Waals surface area contributed by atoms with Gasteiger partial charge in [0.25, 0.3) is 0 Å². The number of aliphatic hydroxyl groups excluding tert-OH is 2. The van der Waals surface area contributed by atoms with Gasteiger partial charge in [0.05, 0.1) is 0 Å². The molecule has 0 amide bonds. The molecule has 2 atom stereocenters. The van der Waals surface area contributed by atoms with Crippen molar-refractivity contribution in [3.05, 3.63) is 84.0 Å². The van der Waals surface area contributed by atoms with Gasteiger partial charge >= 0.3 is 11.9 Å². The molecule has 0 radical (unpaired) electrons. The zero-order valence-corrected chi connectivity index (χ0v) is 24.1. The van der Waals surface area contributed by atoms with Crippen molar-refractivity contribution in [1.82, 2.24) is 0 Å². The van der Waals surface area contributed by atoms with Crippen LogP contribution in [0.1, 0.15) is 63.5 Å².